The summed E-state index contributed by atoms with van der Waals surface area (Å²) in [5, 5.41) is 1.00. The Kier molecular flexibility index (Phi) is 1.40. The van der Waals surface area contributed by atoms with Crippen LogP contribution in [0.1, 0.15) is 16.1 Å². The van der Waals surface area contributed by atoms with E-state index in [1.165, 1.54) is 0 Å². The Hall–Kier alpha value is -1.81. The Labute approximate surface area is 79.9 Å². The Balaban J connectivity index is 2.38. The number of hydrogen-bond acceptors (Lipinski definition) is 3. The maximum Gasteiger partial charge on any atom is 0.301 e. The lowest BCUT2D eigenvalue weighted by molar-refractivity contribution is 0.0891. The van der Waals surface area contributed by atoms with Gasteiger partial charge in [0.05, 0.1) is 0 Å². The van der Waals surface area contributed by atoms with Crippen molar-refractivity contribution in [3.8, 4) is 0 Å². The average Bonchev–Trinajstić information content (AvgIpc) is 2.59. The van der Waals surface area contributed by atoms with Gasteiger partial charge in [-0.05, 0) is 6.07 Å². The van der Waals surface area contributed by atoms with Gasteiger partial charge in [0.25, 0.3) is 0 Å². The van der Waals surface area contributed by atoms with E-state index in [-0.39, 0.29) is 5.91 Å². The number of carbonyl (C=O) groups is 1. The van der Waals surface area contributed by atoms with Crippen LogP contribution in [0.3, 0.4) is 0 Å². The topological polar surface area (TPSA) is 54.3 Å². The zero-order valence-electron chi connectivity index (χ0n) is 7.33. The van der Waals surface area contributed by atoms with Gasteiger partial charge in [-0.1, -0.05) is 18.2 Å². The molecule has 0 bridgehead atoms. The first kappa shape index (κ1) is 7.58. The number of carbonyl (C=O) groups excluding carboxylic acids is 1. The van der Waals surface area contributed by atoms with Crippen molar-refractivity contribution < 1.29 is 9.21 Å². The van der Waals surface area contributed by atoms with Gasteiger partial charge in [-0.3, -0.25) is 10.2 Å². The molecular formula is C10H8N2O2. The first-order valence-corrected chi connectivity index (χ1v) is 4.40. The molecule has 0 aliphatic carbocycles. The molecule has 2 heterocycles. The number of benzene rings is 1. The van der Waals surface area contributed by atoms with E-state index in [4.69, 9.17) is 4.42 Å². The molecule has 0 saturated heterocycles. The molecule has 1 aromatic heterocycles. The minimum atomic E-state index is -0.206. The predicted molar refractivity (Wildman–Crippen MR) is 50.5 cm³/mol. The van der Waals surface area contributed by atoms with Crippen LogP contribution in [-0.4, -0.2) is 5.91 Å². The largest absolute Gasteiger partial charge is 0.451 e. The molecule has 1 aromatic carbocycles. The molecule has 1 aliphatic rings. The maximum atomic E-state index is 11.4. The van der Waals surface area contributed by atoms with Gasteiger partial charge >= 0.3 is 5.91 Å². The minimum absolute atomic E-state index is 0.206. The molecule has 1 amide bonds. The van der Waals surface area contributed by atoms with Crippen LogP contribution in [0, 0.1) is 0 Å². The van der Waals surface area contributed by atoms with Crippen LogP contribution in [0.15, 0.2) is 28.7 Å². The lowest BCUT2D eigenvalue weighted by Crippen LogP contribution is -2.41. The molecule has 2 N–H and O–H groups in total. The van der Waals surface area contributed by atoms with Crippen LogP contribution in [0.4, 0.5) is 0 Å². The maximum absolute atomic E-state index is 11.4. The third-order valence-corrected chi connectivity index (χ3v) is 2.37. The Morgan fingerprint density at radius 3 is 3.07 bits per heavy atom. The Morgan fingerprint density at radius 1 is 1.29 bits per heavy atom. The molecule has 0 radical (unpaired) electrons. The predicted octanol–water partition coefficient (Wildman–Crippen LogP) is 1.18. The molecule has 4 nitrogen and oxygen atoms in total. The first-order valence-electron chi connectivity index (χ1n) is 4.40. The van der Waals surface area contributed by atoms with E-state index in [0.29, 0.717) is 12.3 Å². The first-order chi connectivity index (χ1) is 6.86. The highest BCUT2D eigenvalue weighted by Crippen LogP contribution is 2.26. The van der Waals surface area contributed by atoms with Crippen molar-refractivity contribution in [3.63, 3.8) is 0 Å². The van der Waals surface area contributed by atoms with Crippen LogP contribution in [-0.2, 0) is 6.54 Å². The fourth-order valence-electron chi connectivity index (χ4n) is 1.73. The van der Waals surface area contributed by atoms with Crippen molar-refractivity contribution in [1.82, 2.24) is 10.9 Å². The van der Waals surface area contributed by atoms with Crippen LogP contribution in [0.25, 0.3) is 11.0 Å². The number of fused-ring (bicyclic) bond motifs is 3. The summed E-state index contributed by atoms with van der Waals surface area (Å²) in [4.78, 5) is 11.4. The van der Waals surface area contributed by atoms with E-state index >= 15 is 0 Å². The van der Waals surface area contributed by atoms with Gasteiger partial charge in [0.1, 0.15) is 5.58 Å². The van der Waals surface area contributed by atoms with E-state index in [2.05, 4.69) is 10.9 Å². The number of hydrazine groups is 1. The highest BCUT2D eigenvalue weighted by molar-refractivity contribution is 5.99. The summed E-state index contributed by atoms with van der Waals surface area (Å²) in [6.45, 7) is 0.609. The fourth-order valence-corrected chi connectivity index (χ4v) is 1.73. The number of nitrogens with one attached hydrogen (secondary N) is 2. The summed E-state index contributed by atoms with van der Waals surface area (Å²) >= 11 is 0. The van der Waals surface area contributed by atoms with Crippen molar-refractivity contribution in [1.29, 1.82) is 0 Å². The Bertz CT molecular complexity index is 516. The van der Waals surface area contributed by atoms with Gasteiger partial charge in [-0.25, -0.2) is 5.43 Å². The van der Waals surface area contributed by atoms with E-state index in [9.17, 15) is 4.79 Å². The van der Waals surface area contributed by atoms with Crippen LogP contribution in [0.2, 0.25) is 0 Å². The molecule has 0 unspecified atom stereocenters. The molecule has 2 aromatic rings. The molecule has 70 valence electrons. The van der Waals surface area contributed by atoms with Gasteiger partial charge < -0.3 is 4.42 Å². The summed E-state index contributed by atoms with van der Waals surface area (Å²) < 4.78 is 5.45. The number of hydrogen-bond donors (Lipinski definition) is 2. The highest BCUT2D eigenvalue weighted by Gasteiger charge is 2.23. The van der Waals surface area contributed by atoms with Crippen molar-refractivity contribution >= 4 is 16.9 Å². The SMILES string of the molecule is O=C1NNCc2c1oc1ccccc21. The molecule has 3 rings (SSSR count). The zero-order valence-corrected chi connectivity index (χ0v) is 7.33. The molecule has 4 heteroatoms. The summed E-state index contributed by atoms with van der Waals surface area (Å²) in [6, 6.07) is 7.64. The second kappa shape index (κ2) is 2.59. The van der Waals surface area contributed by atoms with Crippen LogP contribution in [0.5, 0.6) is 0 Å². The summed E-state index contributed by atoms with van der Waals surface area (Å²) in [7, 11) is 0. The molecule has 0 fully saturated rings. The molecule has 0 atom stereocenters. The lowest BCUT2D eigenvalue weighted by Gasteiger charge is -2.11. The van der Waals surface area contributed by atoms with Crippen molar-refractivity contribution in [3.05, 3.63) is 35.6 Å². The molecule has 0 spiro atoms. The van der Waals surface area contributed by atoms with Crippen LogP contribution >= 0.6 is 0 Å². The fraction of sp³-hybridized carbons (Fsp3) is 0.100. The van der Waals surface area contributed by atoms with Crippen molar-refractivity contribution in [2.45, 2.75) is 6.54 Å². The second-order valence-electron chi connectivity index (χ2n) is 3.21. The summed E-state index contributed by atoms with van der Waals surface area (Å²) in [5.41, 5.74) is 7.02. The smallest absolute Gasteiger partial charge is 0.301 e. The average molecular weight is 188 g/mol. The normalized spacial score (nSPS) is 15.3. The number of furan rings is 1. The van der Waals surface area contributed by atoms with Gasteiger partial charge in [0.2, 0.25) is 0 Å². The second-order valence-corrected chi connectivity index (χ2v) is 3.21. The van der Waals surface area contributed by atoms with E-state index in [1.54, 1.807) is 0 Å². The van der Waals surface area contributed by atoms with Gasteiger partial charge in [0, 0.05) is 17.5 Å². The quantitative estimate of drug-likeness (QED) is 0.652. The Morgan fingerprint density at radius 2 is 2.14 bits per heavy atom. The lowest BCUT2D eigenvalue weighted by atomic mass is 10.1. The molecule has 0 saturated carbocycles. The third kappa shape index (κ3) is 0.885. The number of amides is 1. The zero-order chi connectivity index (χ0) is 9.54. The molecule has 14 heavy (non-hydrogen) atoms. The van der Waals surface area contributed by atoms with Crippen LogP contribution < -0.4 is 10.9 Å². The number of para-hydroxylation sites is 1. The highest BCUT2D eigenvalue weighted by atomic mass is 16.3. The molecular weight excluding hydrogens is 180 g/mol. The minimum Gasteiger partial charge on any atom is -0.451 e. The van der Waals surface area contributed by atoms with E-state index < -0.39 is 0 Å². The van der Waals surface area contributed by atoms with E-state index in [1.807, 2.05) is 24.3 Å². The van der Waals surface area contributed by atoms with Gasteiger partial charge in [-0.15, -0.1) is 0 Å². The van der Waals surface area contributed by atoms with Crippen molar-refractivity contribution in [2.75, 3.05) is 0 Å². The van der Waals surface area contributed by atoms with Crippen molar-refractivity contribution in [2.24, 2.45) is 0 Å². The monoisotopic (exact) mass is 188 g/mol. The summed E-state index contributed by atoms with van der Waals surface area (Å²) in [5.74, 6) is 0.215. The number of rotatable bonds is 0. The van der Waals surface area contributed by atoms with E-state index in [0.717, 1.165) is 16.5 Å². The third-order valence-electron chi connectivity index (χ3n) is 2.37. The van der Waals surface area contributed by atoms with Gasteiger partial charge in [0.15, 0.2) is 5.76 Å². The standard InChI is InChI=1S/C10H8N2O2/c13-10-9-7(5-11-12-10)6-3-1-2-4-8(6)14-9/h1-4,11H,5H2,(H,12,13). The summed E-state index contributed by atoms with van der Waals surface area (Å²) in [6.07, 6.45) is 0. The van der Waals surface area contributed by atoms with Gasteiger partial charge in [-0.2, -0.15) is 0 Å². The molecule has 1 aliphatic heterocycles.